The molecule has 0 aromatic heterocycles. The standard InChI is InChI=1S/C10H18N2/c1-9-10(2,3)11-7-5-6-8-12(9)4/h6,8,11H,1,5,7H2,2-4H3/b8-6-. The Morgan fingerprint density at radius 2 is 2.25 bits per heavy atom. The highest BCUT2D eigenvalue weighted by Gasteiger charge is 2.23. The predicted octanol–water partition coefficient (Wildman–Crippen LogP) is 1.72. The first-order valence-electron chi connectivity index (χ1n) is 4.38. The molecule has 1 rings (SSSR count). The van der Waals surface area contributed by atoms with Crippen LogP contribution in [0.25, 0.3) is 0 Å². The zero-order chi connectivity index (χ0) is 9.19. The molecule has 2 heteroatoms. The molecular formula is C10H18N2. The summed E-state index contributed by atoms with van der Waals surface area (Å²) in [6.45, 7) is 9.40. The minimum Gasteiger partial charge on any atom is -0.354 e. The van der Waals surface area contributed by atoms with Crippen molar-refractivity contribution in [2.45, 2.75) is 25.8 Å². The molecule has 12 heavy (non-hydrogen) atoms. The molecule has 2 nitrogen and oxygen atoms in total. The van der Waals surface area contributed by atoms with Gasteiger partial charge in [0, 0.05) is 12.7 Å². The molecule has 1 aliphatic heterocycles. The largest absolute Gasteiger partial charge is 0.354 e. The van der Waals surface area contributed by atoms with Gasteiger partial charge in [-0.3, -0.25) is 0 Å². The van der Waals surface area contributed by atoms with Crippen LogP contribution in [0.2, 0.25) is 0 Å². The zero-order valence-electron chi connectivity index (χ0n) is 8.22. The van der Waals surface area contributed by atoms with Gasteiger partial charge < -0.3 is 10.2 Å². The molecular weight excluding hydrogens is 148 g/mol. The lowest BCUT2D eigenvalue weighted by Crippen LogP contribution is -2.45. The van der Waals surface area contributed by atoms with Crippen LogP contribution in [0.1, 0.15) is 20.3 Å². The third kappa shape index (κ3) is 1.89. The second-order valence-corrected chi connectivity index (χ2v) is 3.78. The third-order valence-electron chi connectivity index (χ3n) is 2.35. The summed E-state index contributed by atoms with van der Waals surface area (Å²) in [6.07, 6.45) is 5.33. The van der Waals surface area contributed by atoms with Crippen molar-refractivity contribution in [1.29, 1.82) is 0 Å². The topological polar surface area (TPSA) is 15.3 Å². The molecule has 0 aliphatic carbocycles. The first-order valence-corrected chi connectivity index (χ1v) is 4.38. The number of nitrogens with one attached hydrogen (secondary N) is 1. The highest BCUT2D eigenvalue weighted by molar-refractivity contribution is 5.15. The first-order chi connectivity index (χ1) is 5.54. The maximum absolute atomic E-state index is 4.06. The van der Waals surface area contributed by atoms with Crippen molar-refractivity contribution in [2.24, 2.45) is 0 Å². The Kier molecular flexibility index (Phi) is 2.58. The van der Waals surface area contributed by atoms with Crippen molar-refractivity contribution in [1.82, 2.24) is 10.2 Å². The van der Waals surface area contributed by atoms with Gasteiger partial charge in [0.2, 0.25) is 0 Å². The van der Waals surface area contributed by atoms with Crippen LogP contribution in [0.15, 0.2) is 24.6 Å². The number of rotatable bonds is 0. The average molecular weight is 166 g/mol. The van der Waals surface area contributed by atoms with Crippen LogP contribution in [-0.2, 0) is 0 Å². The van der Waals surface area contributed by atoms with E-state index in [0.29, 0.717) is 0 Å². The summed E-state index contributed by atoms with van der Waals surface area (Å²) in [6, 6.07) is 0. The summed E-state index contributed by atoms with van der Waals surface area (Å²) in [5.74, 6) is 0. The smallest absolute Gasteiger partial charge is 0.0525 e. The van der Waals surface area contributed by atoms with Gasteiger partial charge in [-0.25, -0.2) is 0 Å². The Balaban J connectivity index is 2.81. The predicted molar refractivity (Wildman–Crippen MR) is 52.7 cm³/mol. The van der Waals surface area contributed by atoms with E-state index in [1.54, 1.807) is 0 Å². The summed E-state index contributed by atoms with van der Waals surface area (Å²) < 4.78 is 0. The van der Waals surface area contributed by atoms with E-state index in [9.17, 15) is 0 Å². The van der Waals surface area contributed by atoms with Crippen LogP contribution in [0.5, 0.6) is 0 Å². The highest BCUT2D eigenvalue weighted by atomic mass is 15.1. The Bertz CT molecular complexity index is 204. The second-order valence-electron chi connectivity index (χ2n) is 3.78. The van der Waals surface area contributed by atoms with Crippen LogP contribution >= 0.6 is 0 Å². The van der Waals surface area contributed by atoms with Gasteiger partial charge >= 0.3 is 0 Å². The van der Waals surface area contributed by atoms with Gasteiger partial charge in [-0.15, -0.1) is 0 Å². The van der Waals surface area contributed by atoms with Gasteiger partial charge in [-0.1, -0.05) is 12.7 Å². The molecule has 0 atom stereocenters. The lowest BCUT2D eigenvalue weighted by atomic mass is 10.00. The fraction of sp³-hybridized carbons (Fsp3) is 0.600. The van der Waals surface area contributed by atoms with Crippen molar-refractivity contribution in [2.75, 3.05) is 13.6 Å². The van der Waals surface area contributed by atoms with Crippen molar-refractivity contribution in [3.8, 4) is 0 Å². The summed E-state index contributed by atoms with van der Waals surface area (Å²) >= 11 is 0. The molecule has 0 aromatic rings. The third-order valence-corrected chi connectivity index (χ3v) is 2.35. The van der Waals surface area contributed by atoms with Crippen LogP contribution < -0.4 is 5.32 Å². The van der Waals surface area contributed by atoms with Crippen LogP contribution in [0, 0.1) is 0 Å². The summed E-state index contributed by atoms with van der Waals surface area (Å²) in [4.78, 5) is 2.08. The van der Waals surface area contributed by atoms with Crippen molar-refractivity contribution < 1.29 is 0 Å². The van der Waals surface area contributed by atoms with Crippen molar-refractivity contribution >= 4 is 0 Å². The molecule has 1 N–H and O–H groups in total. The molecule has 1 heterocycles. The number of nitrogens with zero attached hydrogens (tertiary/aromatic N) is 1. The second kappa shape index (κ2) is 3.31. The van der Waals surface area contributed by atoms with Gasteiger partial charge in [-0.05, 0) is 33.0 Å². The molecule has 0 aromatic carbocycles. The van der Waals surface area contributed by atoms with Gasteiger partial charge in [0.1, 0.15) is 0 Å². The maximum Gasteiger partial charge on any atom is 0.0525 e. The van der Waals surface area contributed by atoms with E-state index in [2.05, 4.69) is 42.9 Å². The lowest BCUT2D eigenvalue weighted by molar-refractivity contribution is 0.361. The Labute approximate surface area is 74.9 Å². The Morgan fingerprint density at radius 1 is 1.58 bits per heavy atom. The number of hydrogen-bond donors (Lipinski definition) is 1. The minimum atomic E-state index is 0.0134. The van der Waals surface area contributed by atoms with Gasteiger partial charge in [0.25, 0.3) is 0 Å². The van der Waals surface area contributed by atoms with E-state index in [1.165, 1.54) is 0 Å². The molecule has 1 aliphatic rings. The lowest BCUT2D eigenvalue weighted by Gasteiger charge is -2.34. The fourth-order valence-corrected chi connectivity index (χ4v) is 1.33. The summed E-state index contributed by atoms with van der Waals surface area (Å²) in [5.41, 5.74) is 1.12. The van der Waals surface area contributed by atoms with Gasteiger partial charge in [-0.2, -0.15) is 0 Å². The first kappa shape index (κ1) is 9.33. The van der Waals surface area contributed by atoms with Gasteiger partial charge in [0.15, 0.2) is 0 Å². The molecule has 0 radical (unpaired) electrons. The molecule has 0 spiro atoms. The SMILES string of the molecule is C=C1N(C)/C=C\CCNC1(C)C. The fourth-order valence-electron chi connectivity index (χ4n) is 1.33. The minimum absolute atomic E-state index is 0.0134. The van der Waals surface area contributed by atoms with Crippen LogP contribution in [0.4, 0.5) is 0 Å². The average Bonchev–Trinajstić information content (AvgIpc) is 2.00. The summed E-state index contributed by atoms with van der Waals surface area (Å²) in [7, 11) is 2.04. The monoisotopic (exact) mass is 166 g/mol. The molecule has 68 valence electrons. The molecule has 0 amide bonds. The van der Waals surface area contributed by atoms with E-state index in [0.717, 1.165) is 18.7 Å². The zero-order valence-corrected chi connectivity index (χ0v) is 8.22. The summed E-state index contributed by atoms with van der Waals surface area (Å²) in [5, 5.41) is 3.45. The Morgan fingerprint density at radius 3 is 2.92 bits per heavy atom. The van der Waals surface area contributed by atoms with Crippen molar-refractivity contribution in [3.63, 3.8) is 0 Å². The normalized spacial score (nSPS) is 26.2. The van der Waals surface area contributed by atoms with E-state index in [1.807, 2.05) is 7.05 Å². The Hall–Kier alpha value is -0.760. The number of hydrogen-bond acceptors (Lipinski definition) is 2. The molecule has 0 fully saturated rings. The van der Waals surface area contributed by atoms with E-state index in [4.69, 9.17) is 0 Å². The molecule has 0 saturated heterocycles. The number of likely N-dealkylation sites (N-methyl/N-ethyl adjacent to an activating group) is 1. The molecule has 0 bridgehead atoms. The van der Waals surface area contributed by atoms with E-state index >= 15 is 0 Å². The molecule has 0 unspecified atom stereocenters. The van der Waals surface area contributed by atoms with Crippen LogP contribution in [0.3, 0.4) is 0 Å². The maximum atomic E-state index is 4.06. The van der Waals surface area contributed by atoms with Gasteiger partial charge in [0.05, 0.1) is 5.54 Å². The quantitative estimate of drug-likeness (QED) is 0.589. The van der Waals surface area contributed by atoms with E-state index < -0.39 is 0 Å². The highest BCUT2D eigenvalue weighted by Crippen LogP contribution is 2.18. The molecule has 0 saturated carbocycles. The van der Waals surface area contributed by atoms with Crippen molar-refractivity contribution in [3.05, 3.63) is 24.6 Å². The van der Waals surface area contributed by atoms with Crippen LogP contribution in [-0.4, -0.2) is 24.0 Å². The van der Waals surface area contributed by atoms with E-state index in [-0.39, 0.29) is 5.54 Å².